The summed E-state index contributed by atoms with van der Waals surface area (Å²) in [5.74, 6) is -0.659. The Kier molecular flexibility index (Phi) is 6.99. The molecule has 170 valence electrons. The zero-order chi connectivity index (χ0) is 23.4. The summed E-state index contributed by atoms with van der Waals surface area (Å²) < 4.78 is 11.9. The smallest absolute Gasteiger partial charge is 0.407 e. The molecule has 0 spiro atoms. The summed E-state index contributed by atoms with van der Waals surface area (Å²) >= 11 is 3.40. The van der Waals surface area contributed by atoms with Crippen LogP contribution in [0.25, 0.3) is 11.1 Å². The van der Waals surface area contributed by atoms with Crippen LogP contribution in [0.15, 0.2) is 71.2 Å². The second kappa shape index (κ2) is 10.1. The number of rotatable bonds is 8. The summed E-state index contributed by atoms with van der Waals surface area (Å²) in [6, 6.07) is 20.3. The van der Waals surface area contributed by atoms with E-state index < -0.39 is 18.1 Å². The van der Waals surface area contributed by atoms with Crippen LogP contribution in [0.2, 0.25) is 0 Å². The van der Waals surface area contributed by atoms with Gasteiger partial charge in [-0.1, -0.05) is 64.5 Å². The van der Waals surface area contributed by atoms with E-state index in [0.717, 1.165) is 26.7 Å². The Hall–Kier alpha value is -3.32. The normalized spacial score (nSPS) is 13.0. The van der Waals surface area contributed by atoms with E-state index >= 15 is 0 Å². The summed E-state index contributed by atoms with van der Waals surface area (Å²) in [5, 5.41) is 12.2. The van der Waals surface area contributed by atoms with Gasteiger partial charge in [-0.15, -0.1) is 0 Å². The van der Waals surface area contributed by atoms with Crippen molar-refractivity contribution < 1.29 is 24.2 Å². The second-order valence-corrected chi connectivity index (χ2v) is 8.67. The van der Waals surface area contributed by atoms with Crippen molar-refractivity contribution in [1.82, 2.24) is 5.32 Å². The number of nitrogens with one attached hydrogen (secondary N) is 1. The van der Waals surface area contributed by atoms with Gasteiger partial charge in [0.25, 0.3) is 0 Å². The fraction of sp³-hybridized carbons (Fsp3) is 0.231. The maximum absolute atomic E-state index is 12.6. The van der Waals surface area contributed by atoms with Gasteiger partial charge in [0.15, 0.2) is 0 Å². The number of fused-ring (bicyclic) bond motifs is 3. The molecule has 1 amide bonds. The molecule has 1 aliphatic carbocycles. The molecule has 7 heteroatoms. The van der Waals surface area contributed by atoms with Crippen molar-refractivity contribution in [3.8, 4) is 16.9 Å². The minimum absolute atomic E-state index is 0.0638. The van der Waals surface area contributed by atoms with E-state index in [1.54, 1.807) is 12.1 Å². The third kappa shape index (κ3) is 5.03. The number of hydrogen-bond donors (Lipinski definition) is 2. The number of aliphatic carboxylic acids is 1. The van der Waals surface area contributed by atoms with Crippen LogP contribution < -0.4 is 10.1 Å². The lowest BCUT2D eigenvalue weighted by Gasteiger charge is -2.19. The molecule has 6 nitrogen and oxygen atoms in total. The van der Waals surface area contributed by atoms with Gasteiger partial charge in [0.05, 0.1) is 6.61 Å². The number of carboxylic acid groups (broad SMARTS) is 1. The molecule has 33 heavy (non-hydrogen) atoms. The molecular formula is C26H24BrNO5. The highest BCUT2D eigenvalue weighted by Gasteiger charge is 2.30. The van der Waals surface area contributed by atoms with Gasteiger partial charge in [-0.25, -0.2) is 9.59 Å². The van der Waals surface area contributed by atoms with Crippen molar-refractivity contribution in [2.45, 2.75) is 25.3 Å². The number of carboxylic acids is 1. The van der Waals surface area contributed by atoms with Crippen LogP contribution in [0.3, 0.4) is 0 Å². The quantitative estimate of drug-likeness (QED) is 0.425. The Balaban J connectivity index is 1.45. The lowest BCUT2D eigenvalue weighted by atomic mass is 9.98. The molecule has 3 aromatic rings. The third-order valence-corrected chi connectivity index (χ3v) is 6.17. The molecule has 4 rings (SSSR count). The van der Waals surface area contributed by atoms with Crippen molar-refractivity contribution in [3.05, 3.63) is 87.9 Å². The number of carbonyl (C=O) groups is 2. The predicted molar refractivity (Wildman–Crippen MR) is 129 cm³/mol. The van der Waals surface area contributed by atoms with Gasteiger partial charge in [0.2, 0.25) is 0 Å². The van der Waals surface area contributed by atoms with Crippen LogP contribution in [0.1, 0.15) is 29.5 Å². The standard InChI is InChI=1S/C26H24BrNO5/c1-2-32-24-12-11-17(27)13-16(24)14-23(25(29)30)28-26(31)33-15-22-20-9-5-3-7-18(20)19-8-4-6-10-21(19)22/h3-13,22-23H,2,14-15H2,1H3,(H,28,31)(H,29,30). The van der Waals surface area contributed by atoms with Crippen molar-refractivity contribution in [1.29, 1.82) is 0 Å². The molecule has 0 fully saturated rings. The molecule has 1 atom stereocenters. The number of carbonyl (C=O) groups excluding carboxylic acids is 1. The minimum Gasteiger partial charge on any atom is -0.494 e. The maximum atomic E-state index is 12.6. The van der Waals surface area contributed by atoms with Crippen LogP contribution in [0.5, 0.6) is 5.75 Å². The van der Waals surface area contributed by atoms with E-state index in [9.17, 15) is 14.7 Å². The zero-order valence-electron chi connectivity index (χ0n) is 18.1. The van der Waals surface area contributed by atoms with Crippen LogP contribution >= 0.6 is 15.9 Å². The molecule has 2 N–H and O–H groups in total. The molecule has 0 aliphatic heterocycles. The average molecular weight is 510 g/mol. The first-order chi connectivity index (χ1) is 16.0. The summed E-state index contributed by atoms with van der Waals surface area (Å²) in [7, 11) is 0. The predicted octanol–water partition coefficient (Wildman–Crippen LogP) is 5.38. The van der Waals surface area contributed by atoms with Gasteiger partial charge < -0.3 is 19.9 Å². The van der Waals surface area contributed by atoms with E-state index in [0.29, 0.717) is 17.9 Å². The van der Waals surface area contributed by atoms with Crippen molar-refractivity contribution in [2.75, 3.05) is 13.2 Å². The Bertz CT molecular complexity index is 1130. The molecule has 0 saturated heterocycles. The molecule has 0 aromatic heterocycles. The van der Waals surface area contributed by atoms with Gasteiger partial charge >= 0.3 is 12.1 Å². The highest BCUT2D eigenvalue weighted by atomic mass is 79.9. The zero-order valence-corrected chi connectivity index (χ0v) is 19.7. The van der Waals surface area contributed by atoms with Crippen molar-refractivity contribution >= 4 is 28.0 Å². The number of ether oxygens (including phenoxy) is 2. The van der Waals surface area contributed by atoms with Crippen LogP contribution in [-0.4, -0.2) is 36.4 Å². The fourth-order valence-electron chi connectivity index (χ4n) is 4.21. The summed E-state index contributed by atoms with van der Waals surface area (Å²) in [6.07, 6.45) is -0.703. The van der Waals surface area contributed by atoms with Crippen molar-refractivity contribution in [2.24, 2.45) is 0 Å². The lowest BCUT2D eigenvalue weighted by molar-refractivity contribution is -0.139. The lowest BCUT2D eigenvalue weighted by Crippen LogP contribution is -2.43. The molecule has 3 aromatic carbocycles. The Morgan fingerprint density at radius 3 is 2.27 bits per heavy atom. The second-order valence-electron chi connectivity index (χ2n) is 7.75. The largest absolute Gasteiger partial charge is 0.494 e. The summed E-state index contributed by atoms with van der Waals surface area (Å²) in [5.41, 5.74) is 5.12. The molecule has 0 saturated carbocycles. The van der Waals surface area contributed by atoms with E-state index in [-0.39, 0.29) is 18.9 Å². The first-order valence-electron chi connectivity index (χ1n) is 10.7. The number of alkyl carbamates (subject to hydrolysis) is 1. The Morgan fingerprint density at radius 1 is 1.03 bits per heavy atom. The first kappa shape index (κ1) is 22.9. The van der Waals surface area contributed by atoms with E-state index in [2.05, 4.69) is 33.4 Å². The van der Waals surface area contributed by atoms with Crippen LogP contribution in [-0.2, 0) is 16.0 Å². The number of amides is 1. The van der Waals surface area contributed by atoms with Crippen LogP contribution in [0, 0.1) is 0 Å². The average Bonchev–Trinajstić information content (AvgIpc) is 3.13. The highest BCUT2D eigenvalue weighted by molar-refractivity contribution is 9.10. The Labute approximate surface area is 200 Å². The fourth-order valence-corrected chi connectivity index (χ4v) is 4.61. The monoisotopic (exact) mass is 509 g/mol. The Morgan fingerprint density at radius 2 is 1.67 bits per heavy atom. The molecular weight excluding hydrogens is 486 g/mol. The molecule has 0 heterocycles. The highest BCUT2D eigenvalue weighted by Crippen LogP contribution is 2.44. The molecule has 0 radical (unpaired) electrons. The van der Waals surface area contributed by atoms with E-state index in [1.807, 2.05) is 49.4 Å². The molecule has 1 aliphatic rings. The van der Waals surface area contributed by atoms with Crippen LogP contribution in [0.4, 0.5) is 4.79 Å². The summed E-state index contributed by atoms with van der Waals surface area (Å²) in [6.45, 7) is 2.43. The first-order valence-corrected chi connectivity index (χ1v) is 11.5. The third-order valence-electron chi connectivity index (χ3n) is 5.68. The molecule has 0 bridgehead atoms. The number of hydrogen-bond acceptors (Lipinski definition) is 4. The van der Waals surface area contributed by atoms with E-state index in [4.69, 9.17) is 9.47 Å². The topological polar surface area (TPSA) is 84.9 Å². The van der Waals surface area contributed by atoms with Gasteiger partial charge in [0, 0.05) is 16.8 Å². The molecule has 1 unspecified atom stereocenters. The van der Waals surface area contributed by atoms with Gasteiger partial charge in [-0.3, -0.25) is 0 Å². The number of halogens is 1. The SMILES string of the molecule is CCOc1ccc(Br)cc1CC(NC(=O)OCC1c2ccccc2-c2ccccc21)C(=O)O. The minimum atomic E-state index is -1.16. The summed E-state index contributed by atoms with van der Waals surface area (Å²) in [4.78, 5) is 24.4. The van der Waals surface area contributed by atoms with Crippen molar-refractivity contribution in [3.63, 3.8) is 0 Å². The number of benzene rings is 3. The van der Waals surface area contributed by atoms with Gasteiger partial charge in [-0.2, -0.15) is 0 Å². The van der Waals surface area contributed by atoms with Gasteiger partial charge in [-0.05, 0) is 52.9 Å². The van der Waals surface area contributed by atoms with E-state index in [1.165, 1.54) is 0 Å². The maximum Gasteiger partial charge on any atom is 0.407 e. The van der Waals surface area contributed by atoms with Gasteiger partial charge in [0.1, 0.15) is 18.4 Å².